The van der Waals surface area contributed by atoms with E-state index >= 15 is 0 Å². The highest BCUT2D eigenvalue weighted by molar-refractivity contribution is 6.35. The Labute approximate surface area is 130 Å². The van der Waals surface area contributed by atoms with E-state index in [1.165, 1.54) is 6.20 Å². The van der Waals surface area contributed by atoms with Gasteiger partial charge in [0, 0.05) is 22.7 Å². The predicted octanol–water partition coefficient (Wildman–Crippen LogP) is 2.84. The number of nitrogens with zero attached hydrogens (tertiary/aromatic N) is 1. The molecule has 110 valence electrons. The Kier molecular flexibility index (Phi) is 4.98. The number of hydrogen-bond donors (Lipinski definition) is 1. The Morgan fingerprint density at radius 2 is 2.14 bits per heavy atom. The minimum atomic E-state index is -0.692. The van der Waals surface area contributed by atoms with Crippen molar-refractivity contribution in [1.29, 1.82) is 0 Å². The molecule has 2 aromatic rings. The number of ether oxygens (including phenoxy) is 1. The smallest absolute Gasteiger partial charge is 0.345 e. The second-order valence-corrected chi connectivity index (χ2v) is 5.05. The topological polar surface area (TPSA) is 72.0 Å². The second kappa shape index (κ2) is 6.74. The van der Waals surface area contributed by atoms with Crippen molar-refractivity contribution in [3.05, 3.63) is 61.7 Å². The Hall–Kier alpha value is -1.85. The average Bonchev–Trinajstić information content (AvgIpc) is 2.42. The molecule has 0 spiro atoms. The van der Waals surface area contributed by atoms with Crippen LogP contribution < -0.4 is 5.56 Å². The Morgan fingerprint density at radius 1 is 1.38 bits per heavy atom. The van der Waals surface area contributed by atoms with Crippen LogP contribution in [0.2, 0.25) is 10.0 Å². The first-order chi connectivity index (χ1) is 10.0. The molecular weight excluding hydrogens is 315 g/mol. The lowest BCUT2D eigenvalue weighted by Crippen LogP contribution is -2.22. The number of benzene rings is 1. The van der Waals surface area contributed by atoms with Gasteiger partial charge in [-0.3, -0.25) is 4.79 Å². The standard InChI is InChI=1S/C14H12Cl2N2O3/c1-2-21-14(20)10-7-17-12(18-13(10)19)5-8-3-4-9(15)6-11(8)16/h3-4,6-7H,2,5H2,1H3,(H,17,18,19). The van der Waals surface area contributed by atoms with Crippen molar-refractivity contribution in [2.45, 2.75) is 13.3 Å². The fourth-order valence-electron chi connectivity index (χ4n) is 1.72. The van der Waals surface area contributed by atoms with E-state index in [1.807, 2.05) is 0 Å². The molecule has 0 amide bonds. The zero-order valence-electron chi connectivity index (χ0n) is 11.2. The molecule has 1 aromatic carbocycles. The van der Waals surface area contributed by atoms with Crippen molar-refractivity contribution >= 4 is 29.2 Å². The first-order valence-electron chi connectivity index (χ1n) is 6.20. The maximum Gasteiger partial charge on any atom is 0.345 e. The van der Waals surface area contributed by atoms with Crippen LogP contribution in [0, 0.1) is 0 Å². The van der Waals surface area contributed by atoms with Gasteiger partial charge in [0.2, 0.25) is 0 Å². The molecule has 0 aliphatic carbocycles. The van der Waals surface area contributed by atoms with E-state index in [-0.39, 0.29) is 12.2 Å². The van der Waals surface area contributed by atoms with Gasteiger partial charge in [0.05, 0.1) is 6.61 Å². The third kappa shape index (κ3) is 3.83. The summed E-state index contributed by atoms with van der Waals surface area (Å²) in [5.74, 6) is -0.292. The molecule has 1 N–H and O–H groups in total. The molecule has 21 heavy (non-hydrogen) atoms. The molecule has 0 radical (unpaired) electrons. The highest BCUT2D eigenvalue weighted by Crippen LogP contribution is 2.22. The van der Waals surface area contributed by atoms with Crippen molar-refractivity contribution in [3.63, 3.8) is 0 Å². The molecule has 0 atom stereocenters. The van der Waals surface area contributed by atoms with Crippen LogP contribution in [0.5, 0.6) is 0 Å². The number of rotatable bonds is 4. The molecule has 0 aliphatic heterocycles. The summed E-state index contributed by atoms with van der Waals surface area (Å²) in [6, 6.07) is 5.07. The van der Waals surface area contributed by atoms with Crippen LogP contribution in [0.15, 0.2) is 29.2 Å². The van der Waals surface area contributed by atoms with Crippen molar-refractivity contribution in [3.8, 4) is 0 Å². The number of carbonyl (C=O) groups excluding carboxylic acids is 1. The summed E-state index contributed by atoms with van der Waals surface area (Å²) in [5, 5.41) is 1.02. The molecule has 2 rings (SSSR count). The summed E-state index contributed by atoms with van der Waals surface area (Å²) >= 11 is 11.9. The third-order valence-corrected chi connectivity index (χ3v) is 3.31. The Bertz CT molecular complexity index is 728. The van der Waals surface area contributed by atoms with Gasteiger partial charge in [0.1, 0.15) is 11.4 Å². The van der Waals surface area contributed by atoms with Gasteiger partial charge in [-0.25, -0.2) is 9.78 Å². The molecule has 7 heteroatoms. The molecule has 1 heterocycles. The summed E-state index contributed by atoms with van der Waals surface area (Å²) in [4.78, 5) is 29.9. The lowest BCUT2D eigenvalue weighted by Gasteiger charge is -2.05. The lowest BCUT2D eigenvalue weighted by atomic mass is 10.1. The number of aromatic amines is 1. The van der Waals surface area contributed by atoms with Gasteiger partial charge in [0.15, 0.2) is 0 Å². The first-order valence-corrected chi connectivity index (χ1v) is 6.96. The van der Waals surface area contributed by atoms with Crippen LogP contribution >= 0.6 is 23.2 Å². The summed E-state index contributed by atoms with van der Waals surface area (Å²) in [7, 11) is 0. The third-order valence-electron chi connectivity index (χ3n) is 2.72. The number of halogens is 2. The summed E-state index contributed by atoms with van der Waals surface area (Å²) < 4.78 is 4.76. The SMILES string of the molecule is CCOC(=O)c1cnc(Cc2ccc(Cl)cc2Cl)[nH]c1=O. The minimum Gasteiger partial charge on any atom is -0.462 e. The maximum absolute atomic E-state index is 11.8. The number of esters is 1. The van der Waals surface area contributed by atoms with Crippen LogP contribution in [0.1, 0.15) is 28.7 Å². The lowest BCUT2D eigenvalue weighted by molar-refractivity contribution is 0.0523. The van der Waals surface area contributed by atoms with Crippen molar-refractivity contribution in [1.82, 2.24) is 9.97 Å². The Balaban J connectivity index is 2.24. The Morgan fingerprint density at radius 3 is 2.76 bits per heavy atom. The van der Waals surface area contributed by atoms with Gasteiger partial charge >= 0.3 is 5.97 Å². The van der Waals surface area contributed by atoms with Gasteiger partial charge in [-0.15, -0.1) is 0 Å². The predicted molar refractivity (Wildman–Crippen MR) is 80.1 cm³/mol. The number of nitrogens with one attached hydrogen (secondary N) is 1. The zero-order valence-corrected chi connectivity index (χ0v) is 12.7. The number of aromatic nitrogens is 2. The van der Waals surface area contributed by atoms with E-state index in [1.54, 1.807) is 25.1 Å². The fraction of sp³-hybridized carbons (Fsp3) is 0.214. The molecule has 0 unspecified atom stereocenters. The van der Waals surface area contributed by atoms with E-state index in [9.17, 15) is 9.59 Å². The van der Waals surface area contributed by atoms with E-state index in [0.29, 0.717) is 22.3 Å². The fourth-order valence-corrected chi connectivity index (χ4v) is 2.20. The zero-order chi connectivity index (χ0) is 15.4. The molecule has 0 saturated carbocycles. The largest absolute Gasteiger partial charge is 0.462 e. The normalized spacial score (nSPS) is 10.4. The van der Waals surface area contributed by atoms with Crippen molar-refractivity contribution in [2.24, 2.45) is 0 Å². The van der Waals surface area contributed by atoms with E-state index in [0.717, 1.165) is 5.56 Å². The van der Waals surface area contributed by atoms with Crippen LogP contribution in [0.4, 0.5) is 0 Å². The average molecular weight is 327 g/mol. The van der Waals surface area contributed by atoms with Gasteiger partial charge < -0.3 is 9.72 Å². The number of hydrogen-bond acceptors (Lipinski definition) is 4. The second-order valence-electron chi connectivity index (χ2n) is 4.21. The van der Waals surface area contributed by atoms with Crippen LogP contribution in [-0.4, -0.2) is 22.5 Å². The monoisotopic (exact) mass is 326 g/mol. The molecule has 0 aliphatic rings. The molecule has 5 nitrogen and oxygen atoms in total. The van der Waals surface area contributed by atoms with Gasteiger partial charge in [-0.1, -0.05) is 29.3 Å². The summed E-state index contributed by atoms with van der Waals surface area (Å²) in [5.41, 5.74) is 0.111. The number of H-pyrrole nitrogens is 1. The van der Waals surface area contributed by atoms with E-state index in [4.69, 9.17) is 27.9 Å². The molecular formula is C14H12Cl2N2O3. The van der Waals surface area contributed by atoms with Gasteiger partial charge in [-0.05, 0) is 24.6 Å². The van der Waals surface area contributed by atoms with Crippen molar-refractivity contribution < 1.29 is 9.53 Å². The molecule has 0 bridgehead atoms. The first kappa shape index (κ1) is 15.5. The van der Waals surface area contributed by atoms with Gasteiger partial charge in [-0.2, -0.15) is 0 Å². The molecule has 1 aromatic heterocycles. The quantitative estimate of drug-likeness (QED) is 0.877. The molecule has 0 saturated heterocycles. The van der Waals surface area contributed by atoms with E-state index in [2.05, 4.69) is 9.97 Å². The molecule has 0 fully saturated rings. The van der Waals surface area contributed by atoms with E-state index < -0.39 is 11.5 Å². The van der Waals surface area contributed by atoms with Crippen LogP contribution in [0.3, 0.4) is 0 Å². The summed E-state index contributed by atoms with van der Waals surface area (Å²) in [6.45, 7) is 1.86. The maximum atomic E-state index is 11.8. The van der Waals surface area contributed by atoms with Crippen LogP contribution in [-0.2, 0) is 11.2 Å². The highest BCUT2D eigenvalue weighted by Gasteiger charge is 2.13. The summed E-state index contributed by atoms with van der Waals surface area (Å²) in [6.07, 6.45) is 1.53. The minimum absolute atomic E-state index is 0.122. The van der Waals surface area contributed by atoms with Gasteiger partial charge in [0.25, 0.3) is 5.56 Å². The number of carbonyl (C=O) groups is 1. The highest BCUT2D eigenvalue weighted by atomic mass is 35.5. The van der Waals surface area contributed by atoms with Crippen LogP contribution in [0.25, 0.3) is 0 Å². The van der Waals surface area contributed by atoms with Crippen molar-refractivity contribution in [2.75, 3.05) is 6.61 Å².